The third-order valence-electron chi connectivity index (χ3n) is 2.93. The van der Waals surface area contributed by atoms with E-state index in [4.69, 9.17) is 4.74 Å². The number of pyridine rings is 1. The van der Waals surface area contributed by atoms with E-state index in [1.54, 1.807) is 25.4 Å². The smallest absolute Gasteiger partial charge is 0.252 e. The van der Waals surface area contributed by atoms with Gasteiger partial charge in [0.05, 0.1) is 12.1 Å². The monoisotopic (exact) mass is 285 g/mol. The lowest BCUT2D eigenvalue weighted by Crippen LogP contribution is -2.28. The lowest BCUT2D eigenvalue weighted by molar-refractivity contribution is 0.0946. The van der Waals surface area contributed by atoms with Crippen LogP contribution in [0.2, 0.25) is 0 Å². The molecule has 0 atom stereocenters. The Hall–Kier alpha value is -2.56. The molecule has 0 bridgehead atoms. The van der Waals surface area contributed by atoms with Crippen LogP contribution in [-0.2, 0) is 0 Å². The van der Waals surface area contributed by atoms with Crippen LogP contribution in [0.4, 0.5) is 5.82 Å². The van der Waals surface area contributed by atoms with E-state index >= 15 is 0 Å². The van der Waals surface area contributed by atoms with Gasteiger partial charge in [-0.05, 0) is 36.8 Å². The second-order valence-electron chi connectivity index (χ2n) is 4.60. The summed E-state index contributed by atoms with van der Waals surface area (Å²) in [6, 6.07) is 11.3. The number of nitrogens with one attached hydrogen (secondary N) is 2. The van der Waals surface area contributed by atoms with Crippen LogP contribution in [0.5, 0.6) is 5.75 Å². The molecule has 1 aromatic carbocycles. The normalized spacial score (nSPS) is 10.0. The summed E-state index contributed by atoms with van der Waals surface area (Å²) in [6.07, 6.45) is 1.54. The Kier molecular flexibility index (Phi) is 5.15. The second-order valence-corrected chi connectivity index (χ2v) is 4.60. The first-order valence-corrected chi connectivity index (χ1v) is 6.80. The van der Waals surface area contributed by atoms with Crippen molar-refractivity contribution < 1.29 is 9.53 Å². The van der Waals surface area contributed by atoms with Crippen molar-refractivity contribution in [3.05, 3.63) is 53.7 Å². The highest BCUT2D eigenvalue weighted by atomic mass is 16.5. The maximum Gasteiger partial charge on any atom is 0.252 e. The SMILES string of the molecule is CNc1ccc(C(=O)NCCOc2cccc(C)c2)cn1. The predicted molar refractivity (Wildman–Crippen MR) is 82.8 cm³/mol. The number of nitrogens with zero attached hydrogens (tertiary/aromatic N) is 1. The summed E-state index contributed by atoms with van der Waals surface area (Å²) < 4.78 is 5.57. The summed E-state index contributed by atoms with van der Waals surface area (Å²) in [6.45, 7) is 2.88. The zero-order valence-electron chi connectivity index (χ0n) is 12.2. The van der Waals surface area contributed by atoms with Crippen LogP contribution in [-0.4, -0.2) is 31.1 Å². The van der Waals surface area contributed by atoms with Gasteiger partial charge in [-0.2, -0.15) is 0 Å². The van der Waals surface area contributed by atoms with E-state index in [9.17, 15) is 4.79 Å². The first kappa shape index (κ1) is 14.8. The molecule has 2 N–H and O–H groups in total. The van der Waals surface area contributed by atoms with Crippen molar-refractivity contribution in [1.29, 1.82) is 0 Å². The van der Waals surface area contributed by atoms with Gasteiger partial charge >= 0.3 is 0 Å². The summed E-state index contributed by atoms with van der Waals surface area (Å²) >= 11 is 0. The molecule has 0 fully saturated rings. The summed E-state index contributed by atoms with van der Waals surface area (Å²) in [5.41, 5.74) is 1.68. The number of carbonyl (C=O) groups excluding carboxylic acids is 1. The second kappa shape index (κ2) is 7.28. The Labute approximate surface area is 124 Å². The molecule has 0 unspecified atom stereocenters. The van der Waals surface area contributed by atoms with Gasteiger partial charge in [-0.1, -0.05) is 12.1 Å². The van der Waals surface area contributed by atoms with Crippen LogP contribution in [0.15, 0.2) is 42.6 Å². The number of hydrogen-bond acceptors (Lipinski definition) is 4. The van der Waals surface area contributed by atoms with Crippen molar-refractivity contribution in [3.63, 3.8) is 0 Å². The molecular weight excluding hydrogens is 266 g/mol. The Balaban J connectivity index is 1.76. The van der Waals surface area contributed by atoms with E-state index in [0.717, 1.165) is 17.1 Å². The van der Waals surface area contributed by atoms with Crippen molar-refractivity contribution in [2.75, 3.05) is 25.5 Å². The average Bonchev–Trinajstić information content (AvgIpc) is 2.51. The number of anilines is 1. The Morgan fingerprint density at radius 3 is 2.81 bits per heavy atom. The average molecular weight is 285 g/mol. The van der Waals surface area contributed by atoms with Crippen molar-refractivity contribution in [2.45, 2.75) is 6.92 Å². The lowest BCUT2D eigenvalue weighted by Gasteiger charge is -2.08. The molecule has 1 aromatic heterocycles. The van der Waals surface area contributed by atoms with Gasteiger partial charge in [-0.25, -0.2) is 4.98 Å². The summed E-state index contributed by atoms with van der Waals surface area (Å²) in [4.78, 5) is 16.0. The quantitative estimate of drug-likeness (QED) is 0.799. The zero-order valence-corrected chi connectivity index (χ0v) is 12.2. The van der Waals surface area contributed by atoms with E-state index in [2.05, 4.69) is 15.6 Å². The first-order valence-electron chi connectivity index (χ1n) is 6.80. The van der Waals surface area contributed by atoms with Crippen molar-refractivity contribution in [1.82, 2.24) is 10.3 Å². The van der Waals surface area contributed by atoms with Gasteiger partial charge in [0, 0.05) is 13.2 Å². The van der Waals surface area contributed by atoms with E-state index in [1.165, 1.54) is 0 Å². The third kappa shape index (κ3) is 4.49. The minimum Gasteiger partial charge on any atom is -0.492 e. The largest absolute Gasteiger partial charge is 0.492 e. The molecule has 5 heteroatoms. The van der Waals surface area contributed by atoms with Crippen LogP contribution in [0, 0.1) is 6.92 Å². The molecule has 2 aromatic rings. The molecule has 1 amide bonds. The van der Waals surface area contributed by atoms with Crippen LogP contribution in [0.25, 0.3) is 0 Å². The number of hydrogen-bond donors (Lipinski definition) is 2. The minimum absolute atomic E-state index is 0.155. The molecule has 0 aliphatic rings. The molecule has 1 heterocycles. The molecule has 0 aliphatic heterocycles. The maximum atomic E-state index is 11.9. The lowest BCUT2D eigenvalue weighted by atomic mass is 10.2. The molecule has 0 saturated heterocycles. The van der Waals surface area contributed by atoms with E-state index in [1.807, 2.05) is 31.2 Å². The number of rotatable bonds is 6. The molecule has 110 valence electrons. The van der Waals surface area contributed by atoms with Gasteiger partial charge < -0.3 is 15.4 Å². The molecule has 0 spiro atoms. The van der Waals surface area contributed by atoms with Gasteiger partial charge in [0.1, 0.15) is 18.2 Å². The highest BCUT2D eigenvalue weighted by molar-refractivity contribution is 5.94. The molecule has 2 rings (SSSR count). The Morgan fingerprint density at radius 2 is 2.14 bits per heavy atom. The summed E-state index contributed by atoms with van der Waals surface area (Å²) in [5.74, 6) is 1.39. The standard InChI is InChI=1S/C16H19N3O2/c1-12-4-3-5-14(10-12)21-9-8-18-16(20)13-6-7-15(17-2)19-11-13/h3-7,10-11H,8-9H2,1-2H3,(H,17,19)(H,18,20). The number of ether oxygens (including phenoxy) is 1. The molecule has 0 radical (unpaired) electrons. The fraction of sp³-hybridized carbons (Fsp3) is 0.250. The maximum absolute atomic E-state index is 11.9. The highest BCUT2D eigenvalue weighted by Crippen LogP contribution is 2.11. The molecule has 5 nitrogen and oxygen atoms in total. The number of carbonyl (C=O) groups is 1. The number of aromatic nitrogens is 1. The van der Waals surface area contributed by atoms with Crippen molar-refractivity contribution in [2.24, 2.45) is 0 Å². The van der Waals surface area contributed by atoms with Crippen LogP contribution >= 0.6 is 0 Å². The molecule has 21 heavy (non-hydrogen) atoms. The number of aryl methyl sites for hydroxylation is 1. The fourth-order valence-corrected chi connectivity index (χ4v) is 1.82. The number of benzene rings is 1. The molecule has 0 aliphatic carbocycles. The van der Waals surface area contributed by atoms with Crippen molar-refractivity contribution in [3.8, 4) is 5.75 Å². The van der Waals surface area contributed by atoms with Gasteiger partial charge in [-0.3, -0.25) is 4.79 Å². The van der Waals surface area contributed by atoms with E-state index in [0.29, 0.717) is 18.7 Å². The van der Waals surface area contributed by atoms with Gasteiger partial charge in [-0.15, -0.1) is 0 Å². The first-order chi connectivity index (χ1) is 10.2. The van der Waals surface area contributed by atoms with Gasteiger partial charge in [0.25, 0.3) is 5.91 Å². The molecular formula is C16H19N3O2. The van der Waals surface area contributed by atoms with Gasteiger partial charge in [0.15, 0.2) is 0 Å². The van der Waals surface area contributed by atoms with Crippen LogP contribution in [0.1, 0.15) is 15.9 Å². The fourth-order valence-electron chi connectivity index (χ4n) is 1.82. The van der Waals surface area contributed by atoms with Gasteiger partial charge in [0.2, 0.25) is 0 Å². The Bertz CT molecular complexity index is 597. The highest BCUT2D eigenvalue weighted by Gasteiger charge is 2.05. The van der Waals surface area contributed by atoms with Crippen molar-refractivity contribution >= 4 is 11.7 Å². The summed E-state index contributed by atoms with van der Waals surface area (Å²) in [7, 11) is 1.78. The van der Waals surface area contributed by atoms with Crippen LogP contribution < -0.4 is 15.4 Å². The van der Waals surface area contributed by atoms with Crippen LogP contribution in [0.3, 0.4) is 0 Å². The topological polar surface area (TPSA) is 63.2 Å². The van der Waals surface area contributed by atoms with E-state index in [-0.39, 0.29) is 5.91 Å². The predicted octanol–water partition coefficient (Wildman–Crippen LogP) is 2.24. The molecule has 0 saturated carbocycles. The summed E-state index contributed by atoms with van der Waals surface area (Å²) in [5, 5.41) is 5.70. The Morgan fingerprint density at radius 1 is 1.29 bits per heavy atom. The minimum atomic E-state index is -0.155. The van der Waals surface area contributed by atoms with E-state index < -0.39 is 0 Å². The zero-order chi connectivity index (χ0) is 15.1. The third-order valence-corrected chi connectivity index (χ3v) is 2.93. The number of amides is 1.